The Kier molecular flexibility index (Phi) is 9.21. The molecule has 0 saturated heterocycles. The quantitative estimate of drug-likeness (QED) is 0.407. The smallest absolute Gasteiger partial charge is 0.191 e. The number of rotatable bonds is 6. The Balaban J connectivity index is 0.00000288. The van der Waals surface area contributed by atoms with Crippen LogP contribution < -0.4 is 10.6 Å². The Hall–Kier alpha value is -1.77. The minimum absolute atomic E-state index is 0. The van der Waals surface area contributed by atoms with E-state index in [0.29, 0.717) is 37.6 Å². The highest BCUT2D eigenvalue weighted by Gasteiger charge is 2.04. The third kappa shape index (κ3) is 6.77. The maximum absolute atomic E-state index is 13.6. The number of aliphatic imine (C=N–C) groups is 1. The number of nitrogens with one attached hydrogen (secondary N) is 2. The van der Waals surface area contributed by atoms with Crippen LogP contribution in [0.3, 0.4) is 0 Å². The molecule has 0 unspecified atom stereocenters. The van der Waals surface area contributed by atoms with Gasteiger partial charge in [0.05, 0.1) is 12.2 Å². The molecule has 0 saturated carbocycles. The Bertz CT molecular complexity index is 650. The lowest BCUT2D eigenvalue weighted by atomic mass is 10.1. The van der Waals surface area contributed by atoms with E-state index >= 15 is 0 Å². The van der Waals surface area contributed by atoms with Crippen LogP contribution in [0.15, 0.2) is 47.6 Å². The Labute approximate surface area is 157 Å². The van der Waals surface area contributed by atoms with Crippen molar-refractivity contribution in [2.45, 2.75) is 19.9 Å². The van der Waals surface area contributed by atoms with Gasteiger partial charge in [-0.1, -0.05) is 6.07 Å². The first-order valence-corrected chi connectivity index (χ1v) is 7.55. The van der Waals surface area contributed by atoms with Crippen molar-refractivity contribution in [3.8, 4) is 0 Å². The van der Waals surface area contributed by atoms with Crippen LogP contribution in [0.4, 0.5) is 8.78 Å². The minimum atomic E-state index is -0.433. The number of hydrogen-bond acceptors (Lipinski definition) is 2. The highest BCUT2D eigenvalue weighted by Crippen LogP contribution is 2.09. The molecule has 4 nitrogen and oxygen atoms in total. The first-order valence-electron chi connectivity index (χ1n) is 7.55. The number of guanidine groups is 1. The summed E-state index contributed by atoms with van der Waals surface area (Å²) >= 11 is 0. The molecule has 0 aliphatic rings. The molecule has 2 rings (SSSR count). The van der Waals surface area contributed by atoms with Gasteiger partial charge in [-0.3, -0.25) is 4.98 Å². The van der Waals surface area contributed by atoms with Gasteiger partial charge in [0.2, 0.25) is 0 Å². The predicted molar refractivity (Wildman–Crippen MR) is 103 cm³/mol. The average molecular weight is 446 g/mol. The monoisotopic (exact) mass is 446 g/mol. The molecular formula is C17H21F2IN4. The van der Waals surface area contributed by atoms with Crippen LogP contribution in [0, 0.1) is 11.6 Å². The number of halogens is 3. The molecule has 0 fully saturated rings. The molecule has 2 N–H and O–H groups in total. The largest absolute Gasteiger partial charge is 0.357 e. The predicted octanol–water partition coefficient (Wildman–Crippen LogP) is 3.28. The van der Waals surface area contributed by atoms with Crippen LogP contribution in [0.1, 0.15) is 18.2 Å². The van der Waals surface area contributed by atoms with Gasteiger partial charge in [0.15, 0.2) is 5.96 Å². The van der Waals surface area contributed by atoms with E-state index in [9.17, 15) is 8.78 Å². The summed E-state index contributed by atoms with van der Waals surface area (Å²) in [6, 6.07) is 9.13. The first-order chi connectivity index (χ1) is 11.2. The number of nitrogens with zero attached hydrogens (tertiary/aromatic N) is 2. The fourth-order valence-electron chi connectivity index (χ4n) is 2.04. The summed E-state index contributed by atoms with van der Waals surface area (Å²) < 4.78 is 26.7. The van der Waals surface area contributed by atoms with E-state index in [-0.39, 0.29) is 24.0 Å². The van der Waals surface area contributed by atoms with E-state index in [1.165, 1.54) is 6.07 Å². The van der Waals surface area contributed by atoms with Crippen molar-refractivity contribution in [3.63, 3.8) is 0 Å². The van der Waals surface area contributed by atoms with E-state index in [1.54, 1.807) is 6.20 Å². The van der Waals surface area contributed by atoms with Gasteiger partial charge in [0, 0.05) is 19.3 Å². The van der Waals surface area contributed by atoms with Gasteiger partial charge in [0.1, 0.15) is 11.6 Å². The van der Waals surface area contributed by atoms with Crippen molar-refractivity contribution in [2.75, 3.05) is 13.1 Å². The molecule has 0 bridgehead atoms. The lowest BCUT2D eigenvalue weighted by Crippen LogP contribution is -2.38. The summed E-state index contributed by atoms with van der Waals surface area (Å²) in [6.07, 6.45) is 2.09. The molecule has 0 amide bonds. The number of hydrogen-bond donors (Lipinski definition) is 2. The molecule has 130 valence electrons. The Morgan fingerprint density at radius 2 is 2.00 bits per heavy atom. The molecule has 1 aromatic carbocycles. The number of aromatic nitrogens is 1. The first kappa shape index (κ1) is 20.3. The highest BCUT2D eigenvalue weighted by molar-refractivity contribution is 14.0. The van der Waals surface area contributed by atoms with Crippen LogP contribution in [-0.2, 0) is 13.0 Å². The van der Waals surface area contributed by atoms with Crippen LogP contribution in [0.25, 0.3) is 0 Å². The van der Waals surface area contributed by atoms with Crippen molar-refractivity contribution >= 4 is 29.9 Å². The van der Waals surface area contributed by atoms with E-state index in [4.69, 9.17) is 0 Å². The zero-order valence-electron chi connectivity index (χ0n) is 13.4. The van der Waals surface area contributed by atoms with Crippen molar-refractivity contribution in [3.05, 3.63) is 65.5 Å². The zero-order chi connectivity index (χ0) is 16.5. The molecule has 1 aromatic heterocycles. The van der Waals surface area contributed by atoms with Crippen molar-refractivity contribution in [2.24, 2.45) is 4.99 Å². The van der Waals surface area contributed by atoms with Gasteiger partial charge in [-0.15, -0.1) is 24.0 Å². The molecule has 7 heteroatoms. The molecule has 0 atom stereocenters. The topological polar surface area (TPSA) is 49.3 Å². The summed E-state index contributed by atoms with van der Waals surface area (Å²) in [4.78, 5) is 8.63. The van der Waals surface area contributed by atoms with Crippen LogP contribution in [-0.4, -0.2) is 24.0 Å². The van der Waals surface area contributed by atoms with Gasteiger partial charge >= 0.3 is 0 Å². The summed E-state index contributed by atoms with van der Waals surface area (Å²) in [7, 11) is 0. The highest BCUT2D eigenvalue weighted by atomic mass is 127. The van der Waals surface area contributed by atoms with Crippen molar-refractivity contribution in [1.82, 2.24) is 15.6 Å². The maximum atomic E-state index is 13.6. The summed E-state index contributed by atoms with van der Waals surface area (Å²) in [5.74, 6) is -0.212. The molecule has 0 aliphatic carbocycles. The lowest BCUT2D eigenvalue weighted by molar-refractivity contribution is 0.583. The molecule has 0 spiro atoms. The second-order valence-electron chi connectivity index (χ2n) is 4.93. The van der Waals surface area contributed by atoms with Gasteiger partial charge in [-0.2, -0.15) is 0 Å². The summed E-state index contributed by atoms with van der Waals surface area (Å²) in [5.41, 5.74) is 1.21. The third-order valence-electron chi connectivity index (χ3n) is 3.16. The minimum Gasteiger partial charge on any atom is -0.357 e. The molecule has 1 heterocycles. The second-order valence-corrected chi connectivity index (χ2v) is 4.93. The van der Waals surface area contributed by atoms with Gasteiger partial charge < -0.3 is 10.6 Å². The maximum Gasteiger partial charge on any atom is 0.191 e. The van der Waals surface area contributed by atoms with Gasteiger partial charge in [0.25, 0.3) is 0 Å². The standard InChI is InChI=1S/C17H20F2N4.HI/c1-2-20-17(23-12-15-5-3-4-9-21-15)22-10-8-13-11-14(18)6-7-16(13)19;/h3-7,9,11H,2,8,10,12H2,1H3,(H2,20,22,23);1H. The molecule has 2 aromatic rings. The summed E-state index contributed by atoms with van der Waals surface area (Å²) in [6.45, 7) is 3.57. The van der Waals surface area contributed by atoms with Crippen molar-refractivity contribution in [1.29, 1.82) is 0 Å². The second kappa shape index (κ2) is 10.9. The van der Waals surface area contributed by atoms with Crippen LogP contribution >= 0.6 is 24.0 Å². The SMILES string of the molecule is CCNC(=NCc1ccccn1)NCCc1cc(F)ccc1F.I. The third-order valence-corrected chi connectivity index (χ3v) is 3.16. The molecule has 0 radical (unpaired) electrons. The summed E-state index contributed by atoms with van der Waals surface area (Å²) in [5, 5.41) is 6.22. The van der Waals surface area contributed by atoms with E-state index in [1.807, 2.05) is 25.1 Å². The Morgan fingerprint density at radius 3 is 2.71 bits per heavy atom. The van der Waals surface area contributed by atoms with Gasteiger partial charge in [-0.25, -0.2) is 13.8 Å². The van der Waals surface area contributed by atoms with Gasteiger partial charge in [-0.05, 0) is 49.2 Å². The van der Waals surface area contributed by atoms with E-state index < -0.39 is 11.6 Å². The zero-order valence-corrected chi connectivity index (χ0v) is 15.8. The van der Waals surface area contributed by atoms with Crippen LogP contribution in [0.2, 0.25) is 0 Å². The average Bonchev–Trinajstić information content (AvgIpc) is 2.56. The van der Waals surface area contributed by atoms with E-state index in [0.717, 1.165) is 17.8 Å². The fourth-order valence-corrected chi connectivity index (χ4v) is 2.04. The Morgan fingerprint density at radius 1 is 1.17 bits per heavy atom. The number of benzene rings is 1. The number of pyridine rings is 1. The fraction of sp³-hybridized carbons (Fsp3) is 0.294. The normalized spacial score (nSPS) is 10.9. The van der Waals surface area contributed by atoms with E-state index in [2.05, 4.69) is 20.6 Å². The molecular weight excluding hydrogens is 425 g/mol. The van der Waals surface area contributed by atoms with Crippen molar-refractivity contribution < 1.29 is 8.78 Å². The lowest BCUT2D eigenvalue weighted by Gasteiger charge is -2.11. The molecule has 0 aliphatic heterocycles. The molecule has 24 heavy (non-hydrogen) atoms. The van der Waals surface area contributed by atoms with Crippen LogP contribution in [0.5, 0.6) is 0 Å².